The number of ether oxygens (including phenoxy) is 2. The minimum absolute atomic E-state index is 0.350. The Kier molecular flexibility index (Phi) is 7.45. The fraction of sp³-hybridized carbons (Fsp3) is 0.412. The van der Waals surface area contributed by atoms with E-state index in [1.54, 1.807) is 18.2 Å². The van der Waals surface area contributed by atoms with Gasteiger partial charge in [0.15, 0.2) is 13.2 Å². The van der Waals surface area contributed by atoms with Crippen LogP contribution in [0, 0.1) is 0 Å². The van der Waals surface area contributed by atoms with Crippen molar-refractivity contribution in [1.82, 2.24) is 9.88 Å². The van der Waals surface area contributed by atoms with Crippen LogP contribution in [0.1, 0.15) is 6.42 Å². The van der Waals surface area contributed by atoms with Crippen molar-refractivity contribution in [3.8, 4) is 11.6 Å². The SMILES string of the molecule is CN(C(=O)Nc1cc(OCC(F)(F)F)cc(OCC(F)(F)F)n1)C1C=CC(Cl)=CC1. The first-order valence-electron chi connectivity index (χ1n) is 8.31. The zero-order chi connectivity index (χ0) is 22.5. The van der Waals surface area contributed by atoms with E-state index in [0.29, 0.717) is 11.5 Å². The van der Waals surface area contributed by atoms with E-state index in [4.69, 9.17) is 11.6 Å². The van der Waals surface area contributed by atoms with Gasteiger partial charge in [0.25, 0.3) is 0 Å². The maximum Gasteiger partial charge on any atom is 0.422 e. The van der Waals surface area contributed by atoms with E-state index in [9.17, 15) is 31.1 Å². The predicted octanol–water partition coefficient (Wildman–Crippen LogP) is 4.88. The van der Waals surface area contributed by atoms with Crippen LogP contribution in [0.5, 0.6) is 11.6 Å². The van der Waals surface area contributed by atoms with E-state index < -0.39 is 43.2 Å². The molecule has 6 nitrogen and oxygen atoms in total. The van der Waals surface area contributed by atoms with Gasteiger partial charge >= 0.3 is 18.4 Å². The fourth-order valence-corrected chi connectivity index (χ4v) is 2.40. The van der Waals surface area contributed by atoms with Crippen LogP contribution in [-0.4, -0.2) is 54.6 Å². The number of hydrogen-bond acceptors (Lipinski definition) is 4. The molecule has 0 radical (unpaired) electrons. The van der Waals surface area contributed by atoms with Crippen LogP contribution in [0.4, 0.5) is 37.0 Å². The predicted molar refractivity (Wildman–Crippen MR) is 95.6 cm³/mol. The van der Waals surface area contributed by atoms with E-state index in [2.05, 4.69) is 19.8 Å². The number of likely N-dealkylation sites (N-methyl/N-ethyl adjacent to an activating group) is 1. The number of alkyl halides is 6. The Hall–Kier alpha value is -2.63. The van der Waals surface area contributed by atoms with Gasteiger partial charge in [-0.05, 0) is 12.5 Å². The Balaban J connectivity index is 2.15. The van der Waals surface area contributed by atoms with Gasteiger partial charge in [-0.1, -0.05) is 23.8 Å². The maximum atomic E-state index is 12.4. The molecular formula is C17H16ClF6N3O3. The standard InChI is InChI=1S/C17H16ClF6N3O3/c1-27(11-4-2-10(18)3-5-11)15(28)26-13-6-12(29-8-16(19,20)21)7-14(25-13)30-9-17(22,23)24/h2-4,6-7,11H,5,8-9H2,1H3,(H,25,26,28). The average molecular weight is 460 g/mol. The molecule has 1 heterocycles. The zero-order valence-corrected chi connectivity index (χ0v) is 16.1. The second-order valence-electron chi connectivity index (χ2n) is 6.13. The maximum absolute atomic E-state index is 12.4. The average Bonchev–Trinajstić information content (AvgIpc) is 2.63. The highest BCUT2D eigenvalue weighted by molar-refractivity contribution is 6.31. The molecule has 1 N–H and O–H groups in total. The molecule has 0 saturated carbocycles. The number of hydrogen-bond donors (Lipinski definition) is 1. The number of aromatic nitrogens is 1. The van der Waals surface area contributed by atoms with Gasteiger partial charge in [0.1, 0.15) is 11.6 Å². The van der Waals surface area contributed by atoms with Gasteiger partial charge in [-0.15, -0.1) is 0 Å². The largest absolute Gasteiger partial charge is 0.484 e. The summed E-state index contributed by atoms with van der Waals surface area (Å²) in [6, 6.07) is 0.621. The summed E-state index contributed by atoms with van der Waals surface area (Å²) in [5, 5.41) is 2.79. The molecule has 0 aliphatic heterocycles. The zero-order valence-electron chi connectivity index (χ0n) is 15.4. The molecule has 1 aromatic rings. The lowest BCUT2D eigenvalue weighted by Crippen LogP contribution is -2.39. The van der Waals surface area contributed by atoms with E-state index >= 15 is 0 Å². The highest BCUT2D eigenvalue weighted by Gasteiger charge is 2.30. The number of amides is 2. The second kappa shape index (κ2) is 9.45. The quantitative estimate of drug-likeness (QED) is 0.616. The minimum Gasteiger partial charge on any atom is -0.484 e. The molecule has 0 spiro atoms. The van der Waals surface area contributed by atoms with Crippen LogP contribution in [0.2, 0.25) is 0 Å². The first-order valence-corrected chi connectivity index (χ1v) is 8.69. The third-order valence-corrected chi connectivity index (χ3v) is 3.93. The van der Waals surface area contributed by atoms with Crippen molar-refractivity contribution in [1.29, 1.82) is 0 Å². The highest BCUT2D eigenvalue weighted by Crippen LogP contribution is 2.27. The van der Waals surface area contributed by atoms with Crippen molar-refractivity contribution in [3.05, 3.63) is 35.4 Å². The van der Waals surface area contributed by atoms with E-state index in [0.717, 1.165) is 12.1 Å². The van der Waals surface area contributed by atoms with Gasteiger partial charge in [0, 0.05) is 24.2 Å². The fourth-order valence-electron chi connectivity index (χ4n) is 2.24. The number of halogens is 7. The summed E-state index contributed by atoms with van der Waals surface area (Å²) in [4.78, 5) is 17.3. The Morgan fingerprint density at radius 3 is 2.40 bits per heavy atom. The number of pyridine rings is 1. The summed E-state index contributed by atoms with van der Waals surface area (Å²) in [5.41, 5.74) is 0. The first-order chi connectivity index (χ1) is 13.8. The Morgan fingerprint density at radius 1 is 1.20 bits per heavy atom. The molecule has 1 atom stereocenters. The van der Waals surface area contributed by atoms with Crippen molar-refractivity contribution in [3.63, 3.8) is 0 Å². The smallest absolute Gasteiger partial charge is 0.422 e. The topological polar surface area (TPSA) is 63.7 Å². The number of nitrogens with one attached hydrogen (secondary N) is 1. The van der Waals surface area contributed by atoms with Crippen molar-refractivity contribution >= 4 is 23.4 Å². The molecule has 166 valence electrons. The molecule has 2 amide bonds. The lowest BCUT2D eigenvalue weighted by atomic mass is 10.1. The second-order valence-corrected chi connectivity index (χ2v) is 6.56. The number of allylic oxidation sites excluding steroid dienone is 2. The molecule has 1 aliphatic rings. The molecule has 2 rings (SSSR count). The first kappa shape index (κ1) is 23.6. The molecule has 0 bridgehead atoms. The number of urea groups is 1. The molecule has 13 heteroatoms. The van der Waals surface area contributed by atoms with Crippen LogP contribution in [0.25, 0.3) is 0 Å². The van der Waals surface area contributed by atoms with Crippen LogP contribution in [-0.2, 0) is 0 Å². The van der Waals surface area contributed by atoms with E-state index in [1.807, 2.05) is 0 Å². The van der Waals surface area contributed by atoms with Crippen LogP contribution in [0.3, 0.4) is 0 Å². The van der Waals surface area contributed by atoms with Crippen LogP contribution < -0.4 is 14.8 Å². The van der Waals surface area contributed by atoms with Crippen molar-refractivity contribution in [2.75, 3.05) is 25.6 Å². The van der Waals surface area contributed by atoms with Gasteiger partial charge in [-0.3, -0.25) is 5.32 Å². The Morgan fingerprint density at radius 2 is 1.83 bits per heavy atom. The minimum atomic E-state index is -4.70. The summed E-state index contributed by atoms with van der Waals surface area (Å²) >= 11 is 5.81. The van der Waals surface area contributed by atoms with Crippen molar-refractivity contribution in [2.24, 2.45) is 0 Å². The van der Waals surface area contributed by atoms with Crippen molar-refractivity contribution in [2.45, 2.75) is 24.8 Å². The van der Waals surface area contributed by atoms with Crippen LogP contribution >= 0.6 is 11.6 Å². The molecule has 1 aliphatic carbocycles. The summed E-state index contributed by atoms with van der Waals surface area (Å²) < 4.78 is 83.2. The van der Waals surface area contributed by atoms with Gasteiger partial charge in [-0.25, -0.2) is 4.79 Å². The molecule has 0 aromatic carbocycles. The van der Waals surface area contributed by atoms with Crippen LogP contribution in [0.15, 0.2) is 35.4 Å². The van der Waals surface area contributed by atoms with Gasteiger partial charge in [0.05, 0.1) is 6.04 Å². The Labute approximate surface area is 172 Å². The Bertz CT molecular complexity index is 790. The number of anilines is 1. The summed E-state index contributed by atoms with van der Waals surface area (Å²) in [6.07, 6.45) is -4.02. The lowest BCUT2D eigenvalue weighted by molar-refractivity contribution is -0.154. The number of rotatable bonds is 6. The van der Waals surface area contributed by atoms with E-state index in [1.165, 1.54) is 11.9 Å². The normalized spacial score (nSPS) is 16.7. The number of carbonyl (C=O) groups is 1. The third-order valence-electron chi connectivity index (χ3n) is 3.65. The summed E-state index contributed by atoms with van der Waals surface area (Å²) in [6.45, 7) is -3.42. The molecule has 30 heavy (non-hydrogen) atoms. The lowest BCUT2D eigenvalue weighted by Gasteiger charge is -2.26. The van der Waals surface area contributed by atoms with Crippen molar-refractivity contribution < 1.29 is 40.6 Å². The van der Waals surface area contributed by atoms with Gasteiger partial charge in [-0.2, -0.15) is 31.3 Å². The van der Waals surface area contributed by atoms with Gasteiger partial charge in [0.2, 0.25) is 5.88 Å². The summed E-state index contributed by atoms with van der Waals surface area (Å²) in [7, 11) is 1.45. The highest BCUT2D eigenvalue weighted by atomic mass is 35.5. The molecule has 1 aromatic heterocycles. The molecular weight excluding hydrogens is 444 g/mol. The van der Waals surface area contributed by atoms with Gasteiger partial charge < -0.3 is 14.4 Å². The third kappa shape index (κ3) is 8.01. The molecule has 0 fully saturated rings. The monoisotopic (exact) mass is 459 g/mol. The summed E-state index contributed by atoms with van der Waals surface area (Å²) in [5.74, 6) is -1.50. The number of nitrogens with zero attached hydrogens (tertiary/aromatic N) is 2. The molecule has 0 saturated heterocycles. The number of carbonyl (C=O) groups excluding carboxylic acids is 1. The molecule has 1 unspecified atom stereocenters. The van der Waals surface area contributed by atoms with E-state index in [-0.39, 0.29) is 11.9 Å².